The number of carboxylic acid groups (broad SMARTS) is 1. The maximum atomic E-state index is 14.2. The maximum Gasteiger partial charge on any atom is 0.341 e. The Morgan fingerprint density at radius 3 is 2.33 bits per heavy atom. The van der Waals surface area contributed by atoms with E-state index in [0.29, 0.717) is 0 Å². The van der Waals surface area contributed by atoms with Gasteiger partial charge in [0.05, 0.1) is 10.9 Å². The van der Waals surface area contributed by atoms with Gasteiger partial charge in [0.15, 0.2) is 0 Å². The zero-order valence-electron chi connectivity index (χ0n) is 12.1. The number of halogens is 3. The Labute approximate surface area is 148 Å². The lowest BCUT2D eigenvalue weighted by molar-refractivity contribution is 0.0695. The largest absolute Gasteiger partial charge is 0.477 e. The zero-order chi connectivity index (χ0) is 17.4. The lowest BCUT2D eigenvalue weighted by atomic mass is 10.1. The second kappa shape index (κ2) is 6.31. The van der Waals surface area contributed by atoms with Crippen molar-refractivity contribution in [2.45, 2.75) is 6.54 Å². The molecule has 0 bridgehead atoms. The first-order valence-electron chi connectivity index (χ1n) is 6.87. The monoisotopic (exact) mass is 441 g/mol. The highest BCUT2D eigenvalue weighted by molar-refractivity contribution is 14.1. The number of fused-ring (bicyclic) bond motifs is 1. The van der Waals surface area contributed by atoms with Crippen LogP contribution in [-0.4, -0.2) is 15.6 Å². The summed E-state index contributed by atoms with van der Waals surface area (Å²) in [5.74, 6) is -3.22. The second-order valence-corrected chi connectivity index (χ2v) is 6.43. The third-order valence-electron chi connectivity index (χ3n) is 3.62. The predicted octanol–water partition coefficient (Wildman–Crippen LogP) is 3.63. The van der Waals surface area contributed by atoms with Crippen LogP contribution in [0, 0.1) is 15.2 Å². The number of hydrogen-bond donors (Lipinski definition) is 1. The van der Waals surface area contributed by atoms with E-state index in [-0.39, 0.29) is 12.1 Å². The predicted molar refractivity (Wildman–Crippen MR) is 93.3 cm³/mol. The van der Waals surface area contributed by atoms with E-state index in [1.807, 2.05) is 12.1 Å². The first-order valence-corrected chi connectivity index (χ1v) is 7.95. The Balaban J connectivity index is 2.31. The number of benzene rings is 2. The molecule has 24 heavy (non-hydrogen) atoms. The summed E-state index contributed by atoms with van der Waals surface area (Å²) in [7, 11) is 0. The highest BCUT2D eigenvalue weighted by Gasteiger charge is 2.20. The van der Waals surface area contributed by atoms with E-state index in [1.165, 1.54) is 4.57 Å². The van der Waals surface area contributed by atoms with Crippen molar-refractivity contribution in [1.82, 2.24) is 4.57 Å². The van der Waals surface area contributed by atoms with Crippen LogP contribution in [0.4, 0.5) is 8.78 Å². The molecule has 0 saturated heterocycles. The molecule has 122 valence electrons. The molecule has 0 saturated carbocycles. The topological polar surface area (TPSA) is 59.3 Å². The molecule has 3 rings (SSSR count). The first-order chi connectivity index (χ1) is 11.4. The van der Waals surface area contributed by atoms with Gasteiger partial charge in [0.2, 0.25) is 5.43 Å². The zero-order valence-corrected chi connectivity index (χ0v) is 14.3. The summed E-state index contributed by atoms with van der Waals surface area (Å²) >= 11 is 2.13. The van der Waals surface area contributed by atoms with Gasteiger partial charge in [-0.05, 0) is 52.4 Å². The maximum absolute atomic E-state index is 14.2. The molecule has 4 nitrogen and oxygen atoms in total. The van der Waals surface area contributed by atoms with E-state index in [2.05, 4.69) is 22.6 Å². The highest BCUT2D eigenvalue weighted by Crippen LogP contribution is 2.21. The number of nitrogens with zero attached hydrogens (tertiary/aromatic N) is 1. The summed E-state index contributed by atoms with van der Waals surface area (Å²) in [4.78, 5) is 23.5. The fraction of sp³-hybridized carbons (Fsp3) is 0.0588. The van der Waals surface area contributed by atoms with E-state index >= 15 is 0 Å². The average Bonchev–Trinajstić information content (AvgIpc) is 2.54. The van der Waals surface area contributed by atoms with Crippen LogP contribution in [0.5, 0.6) is 0 Å². The molecule has 0 aliphatic carbocycles. The summed E-state index contributed by atoms with van der Waals surface area (Å²) in [6, 6.07) is 9.01. The van der Waals surface area contributed by atoms with Crippen LogP contribution in [-0.2, 0) is 6.54 Å². The van der Waals surface area contributed by atoms with E-state index < -0.39 is 34.0 Å². The Bertz CT molecular complexity index is 1010. The van der Waals surface area contributed by atoms with Crippen molar-refractivity contribution in [2.75, 3.05) is 0 Å². The molecular formula is C17H10F2INO3. The van der Waals surface area contributed by atoms with Crippen LogP contribution in [0.25, 0.3) is 10.9 Å². The van der Waals surface area contributed by atoms with Crippen molar-refractivity contribution in [2.24, 2.45) is 0 Å². The first kappa shape index (κ1) is 16.6. The smallest absolute Gasteiger partial charge is 0.341 e. The summed E-state index contributed by atoms with van der Waals surface area (Å²) in [5, 5.41) is 8.63. The Hall–Kier alpha value is -2.29. The number of hydrogen-bond acceptors (Lipinski definition) is 2. The summed E-state index contributed by atoms with van der Waals surface area (Å²) in [5.41, 5.74) is -1.12. The molecule has 1 N–H and O–H groups in total. The molecule has 0 radical (unpaired) electrons. The van der Waals surface area contributed by atoms with Crippen LogP contribution in [0.3, 0.4) is 0 Å². The lowest BCUT2D eigenvalue weighted by Gasteiger charge is -2.13. The Kier molecular flexibility index (Phi) is 4.35. The van der Waals surface area contributed by atoms with Gasteiger partial charge >= 0.3 is 5.97 Å². The molecule has 0 spiro atoms. The molecule has 2 aromatic carbocycles. The summed E-state index contributed by atoms with van der Waals surface area (Å²) in [6.45, 7) is 0.106. The van der Waals surface area contributed by atoms with Gasteiger partial charge in [-0.15, -0.1) is 0 Å². The average molecular weight is 441 g/mol. The van der Waals surface area contributed by atoms with Crippen molar-refractivity contribution in [1.29, 1.82) is 0 Å². The standard InChI is InChI=1S/C17H10F2INO3/c18-12-5-6-13(19)15-14(12)16(22)11(17(23)24)8-21(15)7-9-1-3-10(20)4-2-9/h1-6,8H,7H2,(H,23,24). The van der Waals surface area contributed by atoms with E-state index in [0.717, 1.165) is 27.5 Å². The minimum atomic E-state index is -1.48. The second-order valence-electron chi connectivity index (χ2n) is 5.18. The molecule has 0 unspecified atom stereocenters. The van der Waals surface area contributed by atoms with Gasteiger partial charge in [0.25, 0.3) is 0 Å². The van der Waals surface area contributed by atoms with Crippen molar-refractivity contribution < 1.29 is 18.7 Å². The summed E-state index contributed by atoms with van der Waals surface area (Å²) in [6.07, 6.45) is 1.05. The van der Waals surface area contributed by atoms with Crippen LogP contribution >= 0.6 is 22.6 Å². The van der Waals surface area contributed by atoms with E-state index in [1.54, 1.807) is 12.1 Å². The molecule has 1 heterocycles. The third-order valence-corrected chi connectivity index (χ3v) is 4.34. The van der Waals surface area contributed by atoms with Gasteiger partial charge in [-0.1, -0.05) is 12.1 Å². The SMILES string of the molecule is O=C(O)c1cn(Cc2ccc(I)cc2)c2c(F)ccc(F)c2c1=O. The Morgan fingerprint density at radius 1 is 1.08 bits per heavy atom. The summed E-state index contributed by atoms with van der Waals surface area (Å²) < 4.78 is 30.6. The Morgan fingerprint density at radius 2 is 1.71 bits per heavy atom. The van der Waals surface area contributed by atoms with Gasteiger partial charge in [-0.3, -0.25) is 4.79 Å². The minimum Gasteiger partial charge on any atom is -0.477 e. The van der Waals surface area contributed by atoms with Crippen LogP contribution in [0.2, 0.25) is 0 Å². The molecule has 3 aromatic rings. The molecule has 7 heteroatoms. The van der Waals surface area contributed by atoms with Crippen LogP contribution < -0.4 is 5.43 Å². The molecular weight excluding hydrogens is 431 g/mol. The quantitative estimate of drug-likeness (QED) is 0.632. The number of aromatic nitrogens is 1. The molecule has 0 aliphatic rings. The number of aromatic carboxylic acids is 1. The van der Waals surface area contributed by atoms with E-state index in [4.69, 9.17) is 0 Å². The number of rotatable bonds is 3. The minimum absolute atomic E-state index is 0.106. The highest BCUT2D eigenvalue weighted by atomic mass is 127. The number of carbonyl (C=O) groups is 1. The third kappa shape index (κ3) is 2.91. The van der Waals surface area contributed by atoms with Crippen LogP contribution in [0.1, 0.15) is 15.9 Å². The number of pyridine rings is 1. The van der Waals surface area contributed by atoms with Crippen molar-refractivity contribution in [3.8, 4) is 0 Å². The number of carboxylic acids is 1. The fourth-order valence-corrected chi connectivity index (χ4v) is 2.87. The van der Waals surface area contributed by atoms with Crippen LogP contribution in [0.15, 0.2) is 47.4 Å². The van der Waals surface area contributed by atoms with Gasteiger partial charge in [0, 0.05) is 16.3 Å². The van der Waals surface area contributed by atoms with Gasteiger partial charge in [0.1, 0.15) is 17.2 Å². The van der Waals surface area contributed by atoms with Gasteiger partial charge < -0.3 is 9.67 Å². The molecule has 0 amide bonds. The molecule has 0 atom stereocenters. The van der Waals surface area contributed by atoms with Crippen molar-refractivity contribution >= 4 is 39.5 Å². The molecule has 0 aliphatic heterocycles. The normalized spacial score (nSPS) is 11.0. The molecule has 0 fully saturated rings. The van der Waals surface area contributed by atoms with Gasteiger partial charge in [-0.25, -0.2) is 13.6 Å². The fourth-order valence-electron chi connectivity index (χ4n) is 2.52. The van der Waals surface area contributed by atoms with Crippen molar-refractivity contribution in [3.05, 3.63) is 79.1 Å². The van der Waals surface area contributed by atoms with Gasteiger partial charge in [-0.2, -0.15) is 0 Å². The lowest BCUT2D eigenvalue weighted by Crippen LogP contribution is -2.21. The van der Waals surface area contributed by atoms with E-state index in [9.17, 15) is 23.5 Å². The van der Waals surface area contributed by atoms with Crippen molar-refractivity contribution in [3.63, 3.8) is 0 Å². The molecule has 1 aromatic heterocycles.